The van der Waals surface area contributed by atoms with E-state index in [9.17, 15) is 4.79 Å². The number of amides is 1. The van der Waals surface area contributed by atoms with Gasteiger partial charge in [-0.3, -0.25) is 9.69 Å². The minimum atomic E-state index is 0.0661. The van der Waals surface area contributed by atoms with Crippen molar-refractivity contribution in [3.63, 3.8) is 0 Å². The average molecular weight is 443 g/mol. The minimum Gasteiger partial charge on any atom is -0.356 e. The number of rotatable bonds is 6. The molecule has 1 N–H and O–H groups in total. The van der Waals surface area contributed by atoms with E-state index in [1.807, 2.05) is 0 Å². The third-order valence-electron chi connectivity index (χ3n) is 7.15. The number of aryl methyl sites for hydroxylation is 2. The predicted molar refractivity (Wildman–Crippen MR) is 131 cm³/mol. The van der Waals surface area contributed by atoms with Crippen LogP contribution in [0.4, 0.5) is 5.13 Å². The van der Waals surface area contributed by atoms with Crippen molar-refractivity contribution in [3.05, 3.63) is 23.3 Å². The SMILES string of the molecule is Cc1cc(C)c2nc(N3CCC[C@H](C(=O)NCCCN4[C@H](C)CCC[C@H]4C)C3)sc2c1. The topological polar surface area (TPSA) is 48.5 Å². The summed E-state index contributed by atoms with van der Waals surface area (Å²) < 4.78 is 1.25. The second-order valence-electron chi connectivity index (χ2n) is 9.72. The summed E-state index contributed by atoms with van der Waals surface area (Å²) in [5.74, 6) is 0.286. The largest absolute Gasteiger partial charge is 0.356 e. The number of nitrogens with zero attached hydrogens (tertiary/aromatic N) is 3. The summed E-state index contributed by atoms with van der Waals surface area (Å²) in [6, 6.07) is 5.77. The Morgan fingerprint density at radius 3 is 2.71 bits per heavy atom. The van der Waals surface area contributed by atoms with Crippen LogP contribution in [-0.4, -0.2) is 54.1 Å². The number of nitrogens with one attached hydrogen (secondary N) is 1. The standard InChI is InChI=1S/C25H38N4OS/c1-17-14-18(2)23-22(15-17)31-25(27-23)28-12-6-10-21(16-28)24(30)26-11-7-13-29-19(3)8-5-9-20(29)4/h14-15,19-21H,5-13,16H2,1-4H3,(H,26,30)/t19-,20-,21+/m1/s1. The highest BCUT2D eigenvalue weighted by molar-refractivity contribution is 7.22. The lowest BCUT2D eigenvalue weighted by Gasteiger charge is -2.39. The number of carbonyl (C=O) groups is 1. The van der Waals surface area contributed by atoms with Crippen LogP contribution in [0.3, 0.4) is 0 Å². The first kappa shape index (κ1) is 22.5. The van der Waals surface area contributed by atoms with Gasteiger partial charge in [-0.25, -0.2) is 4.98 Å². The van der Waals surface area contributed by atoms with Crippen LogP contribution in [0.25, 0.3) is 10.2 Å². The summed E-state index contributed by atoms with van der Waals surface area (Å²) in [7, 11) is 0. The molecular weight excluding hydrogens is 404 g/mol. The molecule has 1 amide bonds. The summed E-state index contributed by atoms with van der Waals surface area (Å²) in [5.41, 5.74) is 3.63. The number of piperidine rings is 2. The van der Waals surface area contributed by atoms with Gasteiger partial charge >= 0.3 is 0 Å². The van der Waals surface area contributed by atoms with Crippen molar-refractivity contribution in [1.82, 2.24) is 15.2 Å². The molecule has 0 aliphatic carbocycles. The smallest absolute Gasteiger partial charge is 0.224 e. The molecule has 2 aromatic rings. The zero-order valence-electron chi connectivity index (χ0n) is 19.6. The number of fused-ring (bicyclic) bond motifs is 1. The van der Waals surface area contributed by atoms with Gasteiger partial charge in [0.15, 0.2) is 5.13 Å². The first-order valence-corrected chi connectivity index (χ1v) is 12.9. The summed E-state index contributed by atoms with van der Waals surface area (Å²) in [4.78, 5) is 22.7. The molecule has 1 aromatic heterocycles. The fourth-order valence-electron chi connectivity index (χ4n) is 5.39. The van der Waals surface area contributed by atoms with Crippen molar-refractivity contribution in [1.29, 1.82) is 0 Å². The fourth-order valence-corrected chi connectivity index (χ4v) is 6.57. The van der Waals surface area contributed by atoms with Crippen molar-refractivity contribution < 1.29 is 4.79 Å². The maximum atomic E-state index is 12.9. The van der Waals surface area contributed by atoms with E-state index in [0.717, 1.165) is 56.1 Å². The third kappa shape index (κ3) is 5.23. The molecule has 0 bridgehead atoms. The zero-order valence-corrected chi connectivity index (χ0v) is 20.4. The molecule has 0 unspecified atom stereocenters. The Hall–Kier alpha value is -1.66. The van der Waals surface area contributed by atoms with E-state index in [0.29, 0.717) is 12.1 Å². The number of hydrogen-bond donors (Lipinski definition) is 1. The number of hydrogen-bond acceptors (Lipinski definition) is 5. The van der Waals surface area contributed by atoms with Crippen molar-refractivity contribution in [2.24, 2.45) is 5.92 Å². The van der Waals surface area contributed by atoms with Crippen LogP contribution in [0.15, 0.2) is 12.1 Å². The van der Waals surface area contributed by atoms with Crippen LogP contribution in [0.1, 0.15) is 63.5 Å². The summed E-state index contributed by atoms with van der Waals surface area (Å²) in [6.45, 7) is 12.6. The molecule has 0 radical (unpaired) electrons. The molecule has 6 heteroatoms. The van der Waals surface area contributed by atoms with E-state index >= 15 is 0 Å². The monoisotopic (exact) mass is 442 g/mol. The molecular formula is C25H38N4OS. The molecule has 2 aliphatic heterocycles. The quantitative estimate of drug-likeness (QED) is 0.647. The van der Waals surface area contributed by atoms with Gasteiger partial charge in [0.2, 0.25) is 5.91 Å². The molecule has 4 rings (SSSR count). The molecule has 1 aromatic carbocycles. The summed E-state index contributed by atoms with van der Waals surface area (Å²) in [6.07, 6.45) is 7.02. The van der Waals surface area contributed by atoms with Gasteiger partial charge in [0.25, 0.3) is 0 Å². The van der Waals surface area contributed by atoms with Gasteiger partial charge in [-0.05, 0) is 77.0 Å². The van der Waals surface area contributed by atoms with Gasteiger partial charge in [0.05, 0.1) is 16.1 Å². The average Bonchev–Trinajstić information content (AvgIpc) is 3.17. The highest BCUT2D eigenvalue weighted by Crippen LogP contribution is 2.33. The normalized spacial score (nSPS) is 25.2. The van der Waals surface area contributed by atoms with Crippen molar-refractivity contribution in [3.8, 4) is 0 Å². The van der Waals surface area contributed by atoms with Gasteiger partial charge < -0.3 is 10.2 Å². The van der Waals surface area contributed by atoms with Crippen LogP contribution < -0.4 is 10.2 Å². The molecule has 2 aliphatic rings. The van der Waals surface area contributed by atoms with Gasteiger partial charge in [-0.15, -0.1) is 0 Å². The molecule has 5 nitrogen and oxygen atoms in total. The Balaban J connectivity index is 1.29. The lowest BCUT2D eigenvalue weighted by molar-refractivity contribution is -0.125. The molecule has 0 saturated carbocycles. The fraction of sp³-hybridized carbons (Fsp3) is 0.680. The molecule has 31 heavy (non-hydrogen) atoms. The van der Waals surface area contributed by atoms with E-state index in [2.05, 4.69) is 54.9 Å². The maximum absolute atomic E-state index is 12.9. The van der Waals surface area contributed by atoms with E-state index in [-0.39, 0.29) is 11.8 Å². The second-order valence-corrected chi connectivity index (χ2v) is 10.7. The Morgan fingerprint density at radius 2 is 1.94 bits per heavy atom. The Labute approximate surface area is 191 Å². The number of aromatic nitrogens is 1. The van der Waals surface area contributed by atoms with Crippen LogP contribution in [-0.2, 0) is 4.79 Å². The van der Waals surface area contributed by atoms with Crippen molar-refractivity contribution in [2.45, 2.75) is 78.3 Å². The minimum absolute atomic E-state index is 0.0661. The Morgan fingerprint density at radius 1 is 1.16 bits per heavy atom. The first-order valence-electron chi connectivity index (χ1n) is 12.1. The molecule has 2 fully saturated rings. The number of anilines is 1. The predicted octanol–water partition coefficient (Wildman–Crippen LogP) is 4.90. The molecule has 3 heterocycles. The maximum Gasteiger partial charge on any atom is 0.224 e. The lowest BCUT2D eigenvalue weighted by Crippen LogP contribution is -2.46. The molecule has 2 saturated heterocycles. The molecule has 3 atom stereocenters. The van der Waals surface area contributed by atoms with Crippen LogP contribution >= 0.6 is 11.3 Å². The van der Waals surface area contributed by atoms with Gasteiger partial charge in [0, 0.05) is 38.3 Å². The van der Waals surface area contributed by atoms with Gasteiger partial charge in [0.1, 0.15) is 0 Å². The number of likely N-dealkylation sites (tertiary alicyclic amines) is 1. The highest BCUT2D eigenvalue weighted by Gasteiger charge is 2.28. The molecule has 0 spiro atoms. The van der Waals surface area contributed by atoms with Crippen LogP contribution in [0, 0.1) is 19.8 Å². The molecule has 170 valence electrons. The first-order chi connectivity index (χ1) is 14.9. The number of benzene rings is 1. The van der Waals surface area contributed by atoms with Crippen molar-refractivity contribution >= 4 is 32.6 Å². The second kappa shape index (κ2) is 9.86. The lowest BCUT2D eigenvalue weighted by atomic mass is 9.97. The van der Waals surface area contributed by atoms with Crippen LogP contribution in [0.5, 0.6) is 0 Å². The number of thiazole rings is 1. The zero-order chi connectivity index (χ0) is 22.0. The third-order valence-corrected chi connectivity index (χ3v) is 8.21. The number of carbonyl (C=O) groups excluding carboxylic acids is 1. The summed E-state index contributed by atoms with van der Waals surface area (Å²) in [5, 5.41) is 4.29. The van der Waals surface area contributed by atoms with E-state index in [1.165, 1.54) is 35.1 Å². The van der Waals surface area contributed by atoms with Crippen LogP contribution in [0.2, 0.25) is 0 Å². The van der Waals surface area contributed by atoms with E-state index in [4.69, 9.17) is 4.98 Å². The van der Waals surface area contributed by atoms with Gasteiger partial charge in [-0.1, -0.05) is 23.8 Å². The van der Waals surface area contributed by atoms with Crippen molar-refractivity contribution in [2.75, 3.05) is 31.1 Å². The Bertz CT molecular complexity index is 900. The van der Waals surface area contributed by atoms with E-state index < -0.39 is 0 Å². The van der Waals surface area contributed by atoms with Gasteiger partial charge in [-0.2, -0.15) is 0 Å². The van der Waals surface area contributed by atoms with E-state index in [1.54, 1.807) is 11.3 Å². The Kier molecular flexibility index (Phi) is 7.17. The summed E-state index contributed by atoms with van der Waals surface area (Å²) >= 11 is 1.76. The highest BCUT2D eigenvalue weighted by atomic mass is 32.1.